The number of nitrogens with zero attached hydrogens (tertiary/aromatic N) is 1. The van der Waals surface area contributed by atoms with E-state index in [-0.39, 0.29) is 18.2 Å². The Kier molecular flexibility index (Phi) is 7.20. The third-order valence-electron chi connectivity index (χ3n) is 5.26. The molecule has 3 rings (SSSR count). The van der Waals surface area contributed by atoms with E-state index in [1.807, 2.05) is 30.3 Å². The normalized spacial score (nSPS) is 17.2. The second kappa shape index (κ2) is 10.0. The van der Waals surface area contributed by atoms with E-state index in [1.165, 1.54) is 16.7 Å². The molecule has 1 fully saturated rings. The fourth-order valence-corrected chi connectivity index (χ4v) is 3.59. The van der Waals surface area contributed by atoms with Crippen molar-refractivity contribution in [2.75, 3.05) is 19.6 Å². The Morgan fingerprint density at radius 3 is 2.68 bits per heavy atom. The summed E-state index contributed by atoms with van der Waals surface area (Å²) in [6.45, 7) is 4.77. The van der Waals surface area contributed by atoms with Crippen LogP contribution in [0.25, 0.3) is 0 Å². The standard InChI is InChI=1S/C23H29N3O2/c1-18-8-5-6-12-20(18)17-26-15-14-25-23(28)21(26)16-22(27)24-13-7-11-19-9-3-2-4-10-19/h2-6,8-10,12,21H,7,11,13-17H2,1H3,(H,24,27)(H,25,28). The molecule has 2 aromatic carbocycles. The molecule has 2 aromatic rings. The lowest BCUT2D eigenvalue weighted by molar-refractivity contribution is -0.134. The molecule has 1 heterocycles. The minimum atomic E-state index is -0.414. The molecule has 5 nitrogen and oxygen atoms in total. The minimum absolute atomic E-state index is 0.0562. The number of carbonyl (C=O) groups is 2. The smallest absolute Gasteiger partial charge is 0.237 e. The third kappa shape index (κ3) is 5.67. The van der Waals surface area contributed by atoms with Gasteiger partial charge in [0.05, 0.1) is 12.5 Å². The van der Waals surface area contributed by atoms with Crippen molar-refractivity contribution >= 4 is 11.8 Å². The molecule has 0 aromatic heterocycles. The van der Waals surface area contributed by atoms with Crippen molar-refractivity contribution in [3.8, 4) is 0 Å². The molecule has 2 N–H and O–H groups in total. The van der Waals surface area contributed by atoms with Gasteiger partial charge in [0.2, 0.25) is 11.8 Å². The molecule has 1 aliphatic heterocycles. The molecule has 0 aliphatic carbocycles. The number of rotatable bonds is 8. The molecule has 2 amide bonds. The van der Waals surface area contributed by atoms with Gasteiger partial charge >= 0.3 is 0 Å². The lowest BCUT2D eigenvalue weighted by atomic mass is 10.0. The maximum atomic E-state index is 12.4. The van der Waals surface area contributed by atoms with Crippen LogP contribution in [0, 0.1) is 6.92 Å². The van der Waals surface area contributed by atoms with Gasteiger partial charge < -0.3 is 10.6 Å². The van der Waals surface area contributed by atoms with Crippen molar-refractivity contribution < 1.29 is 9.59 Å². The molecule has 0 radical (unpaired) electrons. The van der Waals surface area contributed by atoms with E-state index in [4.69, 9.17) is 0 Å². The van der Waals surface area contributed by atoms with Gasteiger partial charge in [-0.2, -0.15) is 0 Å². The highest BCUT2D eigenvalue weighted by molar-refractivity contribution is 5.88. The third-order valence-corrected chi connectivity index (χ3v) is 5.26. The Balaban J connectivity index is 1.50. The number of aryl methyl sites for hydroxylation is 2. The molecule has 1 atom stereocenters. The Bertz CT molecular complexity index is 791. The topological polar surface area (TPSA) is 61.4 Å². The van der Waals surface area contributed by atoms with Gasteiger partial charge in [-0.25, -0.2) is 0 Å². The molecule has 1 aliphatic rings. The van der Waals surface area contributed by atoms with Crippen molar-refractivity contribution in [2.45, 2.75) is 38.8 Å². The summed E-state index contributed by atoms with van der Waals surface area (Å²) in [5, 5.41) is 5.87. The lowest BCUT2D eigenvalue weighted by Gasteiger charge is -2.35. The van der Waals surface area contributed by atoms with Gasteiger partial charge in [0, 0.05) is 26.2 Å². The summed E-state index contributed by atoms with van der Waals surface area (Å²) >= 11 is 0. The highest BCUT2D eigenvalue weighted by atomic mass is 16.2. The number of carbonyl (C=O) groups excluding carboxylic acids is 2. The Hall–Kier alpha value is -2.66. The first-order valence-corrected chi connectivity index (χ1v) is 10.0. The molecule has 1 saturated heterocycles. The summed E-state index contributed by atoms with van der Waals surface area (Å²) in [7, 11) is 0. The Morgan fingerprint density at radius 1 is 1.14 bits per heavy atom. The van der Waals surface area contributed by atoms with Gasteiger partial charge in [0.1, 0.15) is 0 Å². The van der Waals surface area contributed by atoms with Gasteiger partial charge in [-0.1, -0.05) is 54.6 Å². The molecule has 0 bridgehead atoms. The van der Waals surface area contributed by atoms with E-state index in [0.29, 0.717) is 19.6 Å². The zero-order chi connectivity index (χ0) is 19.8. The van der Waals surface area contributed by atoms with Crippen molar-refractivity contribution in [3.63, 3.8) is 0 Å². The highest BCUT2D eigenvalue weighted by Crippen LogP contribution is 2.16. The van der Waals surface area contributed by atoms with E-state index >= 15 is 0 Å². The lowest BCUT2D eigenvalue weighted by Crippen LogP contribution is -2.56. The van der Waals surface area contributed by atoms with Crippen LogP contribution >= 0.6 is 0 Å². The van der Waals surface area contributed by atoms with Gasteiger partial charge in [-0.3, -0.25) is 14.5 Å². The van der Waals surface area contributed by atoms with Gasteiger partial charge in [0.15, 0.2) is 0 Å². The molecule has 1 unspecified atom stereocenters. The van der Waals surface area contributed by atoms with Crippen LogP contribution in [0.15, 0.2) is 54.6 Å². The molecule has 0 saturated carbocycles. The summed E-state index contributed by atoms with van der Waals surface area (Å²) in [6, 6.07) is 18.0. The van der Waals surface area contributed by atoms with Gasteiger partial charge in [-0.05, 0) is 36.5 Å². The van der Waals surface area contributed by atoms with E-state index in [0.717, 1.165) is 19.4 Å². The quantitative estimate of drug-likeness (QED) is 0.693. The second-order valence-electron chi connectivity index (χ2n) is 7.35. The number of hydrogen-bond donors (Lipinski definition) is 2. The SMILES string of the molecule is Cc1ccccc1CN1CCNC(=O)C1CC(=O)NCCCc1ccccc1. The van der Waals surface area contributed by atoms with Gasteiger partial charge in [0.25, 0.3) is 0 Å². The fourth-order valence-electron chi connectivity index (χ4n) is 3.59. The van der Waals surface area contributed by atoms with E-state index in [9.17, 15) is 9.59 Å². The molecular formula is C23H29N3O2. The van der Waals surface area contributed by atoms with Crippen molar-refractivity contribution in [1.82, 2.24) is 15.5 Å². The monoisotopic (exact) mass is 379 g/mol. The van der Waals surface area contributed by atoms with Crippen LogP contribution in [0.1, 0.15) is 29.5 Å². The van der Waals surface area contributed by atoms with Crippen LogP contribution in [0.2, 0.25) is 0 Å². The summed E-state index contributed by atoms with van der Waals surface area (Å²) in [6.07, 6.45) is 2.02. The maximum Gasteiger partial charge on any atom is 0.237 e. The highest BCUT2D eigenvalue weighted by Gasteiger charge is 2.31. The van der Waals surface area contributed by atoms with Crippen LogP contribution in [-0.2, 0) is 22.6 Å². The zero-order valence-corrected chi connectivity index (χ0v) is 16.5. The van der Waals surface area contributed by atoms with Crippen molar-refractivity contribution in [1.29, 1.82) is 0 Å². The van der Waals surface area contributed by atoms with E-state index < -0.39 is 6.04 Å². The number of hydrogen-bond acceptors (Lipinski definition) is 3. The molecule has 5 heteroatoms. The zero-order valence-electron chi connectivity index (χ0n) is 16.5. The summed E-state index contributed by atoms with van der Waals surface area (Å²) < 4.78 is 0. The summed E-state index contributed by atoms with van der Waals surface area (Å²) in [5.74, 6) is -0.121. The predicted octanol–water partition coefficient (Wildman–Crippen LogP) is 2.43. The number of piperazine rings is 1. The first-order chi connectivity index (χ1) is 13.6. The van der Waals surface area contributed by atoms with Gasteiger partial charge in [-0.15, -0.1) is 0 Å². The summed E-state index contributed by atoms with van der Waals surface area (Å²) in [5.41, 5.74) is 3.68. The molecule has 148 valence electrons. The number of amides is 2. The van der Waals surface area contributed by atoms with Crippen LogP contribution in [0.5, 0.6) is 0 Å². The van der Waals surface area contributed by atoms with Crippen LogP contribution in [0.4, 0.5) is 0 Å². The fraction of sp³-hybridized carbons (Fsp3) is 0.391. The predicted molar refractivity (Wildman–Crippen MR) is 111 cm³/mol. The van der Waals surface area contributed by atoms with Crippen LogP contribution < -0.4 is 10.6 Å². The summed E-state index contributed by atoms with van der Waals surface area (Å²) in [4.78, 5) is 26.9. The van der Waals surface area contributed by atoms with Crippen LogP contribution in [0.3, 0.4) is 0 Å². The molecule has 28 heavy (non-hydrogen) atoms. The first-order valence-electron chi connectivity index (χ1n) is 10.0. The second-order valence-corrected chi connectivity index (χ2v) is 7.35. The Labute approximate surface area is 167 Å². The van der Waals surface area contributed by atoms with Crippen LogP contribution in [-0.4, -0.2) is 42.4 Å². The molecule has 0 spiro atoms. The minimum Gasteiger partial charge on any atom is -0.356 e. The Morgan fingerprint density at radius 2 is 1.89 bits per heavy atom. The van der Waals surface area contributed by atoms with E-state index in [2.05, 4.69) is 46.7 Å². The number of benzene rings is 2. The largest absolute Gasteiger partial charge is 0.356 e. The molecular weight excluding hydrogens is 350 g/mol. The first kappa shape index (κ1) is 20.1. The van der Waals surface area contributed by atoms with Crippen molar-refractivity contribution in [2.24, 2.45) is 0 Å². The maximum absolute atomic E-state index is 12.4. The average molecular weight is 380 g/mol. The number of nitrogens with one attached hydrogen (secondary N) is 2. The van der Waals surface area contributed by atoms with E-state index in [1.54, 1.807) is 0 Å². The average Bonchev–Trinajstić information content (AvgIpc) is 2.70. The van der Waals surface area contributed by atoms with Crippen molar-refractivity contribution in [3.05, 3.63) is 71.3 Å².